The number of ether oxygens (including phenoxy) is 6. The molecule has 3 heterocycles. The molecule has 0 spiro atoms. The van der Waals surface area contributed by atoms with Crippen LogP contribution in [-0.4, -0.2) is 181 Å². The zero-order chi connectivity index (χ0) is 39.7. The van der Waals surface area contributed by atoms with E-state index >= 15 is 0 Å². The van der Waals surface area contributed by atoms with E-state index in [0.29, 0.717) is 12.8 Å². The predicted molar refractivity (Wildman–Crippen MR) is 186 cm³/mol. The van der Waals surface area contributed by atoms with Gasteiger partial charge in [0.1, 0.15) is 67.1 Å². The highest BCUT2D eigenvalue weighted by Gasteiger charge is 2.58. The predicted octanol–water partition coefficient (Wildman–Crippen LogP) is -2.44. The molecular weight excluding hydrogens is 716 g/mol. The maximum atomic E-state index is 11.5. The lowest BCUT2D eigenvalue weighted by molar-refractivity contribution is -0.320. The van der Waals surface area contributed by atoms with Crippen LogP contribution in [0, 0.1) is 22.7 Å². The van der Waals surface area contributed by atoms with Crippen LogP contribution in [-0.2, 0) is 28.4 Å². The summed E-state index contributed by atoms with van der Waals surface area (Å²) in [6.07, 6.45) is -14.2. The van der Waals surface area contributed by atoms with E-state index in [1.165, 1.54) is 0 Å². The molecule has 0 aromatic heterocycles. The molecule has 19 atom stereocenters. The molecule has 17 nitrogen and oxygen atoms in total. The van der Waals surface area contributed by atoms with E-state index < -0.39 is 117 Å². The van der Waals surface area contributed by atoms with Crippen LogP contribution >= 0.6 is 0 Å². The van der Waals surface area contributed by atoms with Gasteiger partial charge in [0.25, 0.3) is 0 Å². The zero-order valence-corrected chi connectivity index (χ0v) is 31.2. The highest BCUT2D eigenvalue weighted by molar-refractivity contribution is 5.18. The number of aliphatic hydroxyl groups excluding tert-OH is 11. The number of hydrogen-bond acceptors (Lipinski definition) is 17. The molecule has 5 rings (SSSR count). The molecule has 3 saturated heterocycles. The average molecular weight is 779 g/mol. The fourth-order valence-electron chi connectivity index (χ4n) is 9.33. The van der Waals surface area contributed by atoms with Gasteiger partial charge in [-0.25, -0.2) is 0 Å². The molecule has 5 aliphatic rings. The number of hydrogen-bond donors (Lipinski definition) is 11. The minimum Gasteiger partial charge on any atom is -0.394 e. The van der Waals surface area contributed by atoms with Crippen molar-refractivity contribution in [2.75, 3.05) is 33.0 Å². The Morgan fingerprint density at radius 2 is 1.24 bits per heavy atom. The second-order valence-electron chi connectivity index (χ2n) is 16.4. The first kappa shape index (κ1) is 43.9. The first-order valence-electron chi connectivity index (χ1n) is 19.0. The van der Waals surface area contributed by atoms with Crippen molar-refractivity contribution in [1.29, 1.82) is 0 Å². The van der Waals surface area contributed by atoms with Gasteiger partial charge in [0.15, 0.2) is 18.9 Å². The van der Waals surface area contributed by atoms with Gasteiger partial charge >= 0.3 is 0 Å². The largest absolute Gasteiger partial charge is 0.394 e. The van der Waals surface area contributed by atoms with Crippen molar-refractivity contribution in [3.8, 4) is 0 Å². The van der Waals surface area contributed by atoms with E-state index in [4.69, 9.17) is 28.4 Å². The van der Waals surface area contributed by atoms with Crippen molar-refractivity contribution in [2.24, 2.45) is 22.7 Å². The van der Waals surface area contributed by atoms with Gasteiger partial charge in [-0.1, -0.05) is 37.6 Å². The first-order chi connectivity index (χ1) is 25.5. The van der Waals surface area contributed by atoms with E-state index in [1.807, 2.05) is 19.9 Å². The van der Waals surface area contributed by atoms with Crippen molar-refractivity contribution >= 4 is 0 Å². The second kappa shape index (κ2) is 18.2. The summed E-state index contributed by atoms with van der Waals surface area (Å²) in [6, 6.07) is 0. The molecule has 0 bridgehead atoms. The molecule has 3 aliphatic heterocycles. The van der Waals surface area contributed by atoms with Gasteiger partial charge in [-0.15, -0.1) is 0 Å². The summed E-state index contributed by atoms with van der Waals surface area (Å²) in [5.41, 5.74) is 1.08. The first-order valence-corrected chi connectivity index (χ1v) is 19.0. The van der Waals surface area contributed by atoms with Crippen molar-refractivity contribution in [2.45, 2.75) is 151 Å². The molecule has 312 valence electrons. The minimum atomic E-state index is -1.67. The van der Waals surface area contributed by atoms with E-state index in [9.17, 15) is 56.2 Å². The van der Waals surface area contributed by atoms with Crippen molar-refractivity contribution in [3.63, 3.8) is 0 Å². The van der Waals surface area contributed by atoms with Crippen LogP contribution in [0.3, 0.4) is 0 Å². The molecule has 0 aromatic carbocycles. The molecule has 2 aliphatic carbocycles. The highest BCUT2D eigenvalue weighted by atomic mass is 16.7. The van der Waals surface area contributed by atoms with E-state index in [-0.39, 0.29) is 30.5 Å². The molecule has 0 radical (unpaired) electrons. The number of fused-ring (bicyclic) bond motifs is 1. The third-order valence-electron chi connectivity index (χ3n) is 12.9. The number of allylic oxidation sites excluding steroid dienone is 2. The summed E-state index contributed by atoms with van der Waals surface area (Å²) in [5, 5.41) is 113. The smallest absolute Gasteiger partial charge is 0.187 e. The van der Waals surface area contributed by atoms with Gasteiger partial charge in [0, 0.05) is 5.41 Å². The standard InChI is InChI=1S/C37H62O17/c1-17(10-12-49-33-31(47)28(44)25(41)20(13-38)52-33)5-7-19-18(2)6-8-23-36(19,3)11-9-24(40)37(23,4)16-51-35-32(48)29(45)27(43)22(54-35)15-50-34-30(46)26(42)21(14-39)53-34/h10,19-35,38-48H,2,5-9,11-16H2,1,3-4H3/t19-,20-,21-,22-,23-,24-,25-,26+,27-,28+,29+,30-,31-,32-,33-,34-,35-,36+,37-/m1/s1. The van der Waals surface area contributed by atoms with Gasteiger partial charge in [0.05, 0.1) is 39.1 Å². The normalized spacial score (nSPS) is 48.9. The van der Waals surface area contributed by atoms with Gasteiger partial charge in [-0.3, -0.25) is 0 Å². The van der Waals surface area contributed by atoms with Crippen molar-refractivity contribution < 1.29 is 84.6 Å². The van der Waals surface area contributed by atoms with E-state index in [1.54, 1.807) is 0 Å². The van der Waals surface area contributed by atoms with Crippen LogP contribution in [0.4, 0.5) is 0 Å². The summed E-state index contributed by atoms with van der Waals surface area (Å²) in [6.45, 7) is 9.10. The topological polar surface area (TPSA) is 278 Å². The molecular formula is C37H62O17. The van der Waals surface area contributed by atoms with Crippen LogP contribution in [0.25, 0.3) is 0 Å². The Morgan fingerprint density at radius 3 is 1.85 bits per heavy atom. The Hall–Kier alpha value is -1.20. The molecule has 17 heteroatoms. The summed E-state index contributed by atoms with van der Waals surface area (Å²) >= 11 is 0. The monoisotopic (exact) mass is 778 g/mol. The Bertz CT molecular complexity index is 1270. The van der Waals surface area contributed by atoms with Gasteiger partial charge in [-0.2, -0.15) is 0 Å². The van der Waals surface area contributed by atoms with E-state index in [2.05, 4.69) is 13.5 Å². The van der Waals surface area contributed by atoms with Gasteiger partial charge < -0.3 is 84.6 Å². The minimum absolute atomic E-state index is 0.0228. The van der Waals surface area contributed by atoms with Crippen molar-refractivity contribution in [1.82, 2.24) is 0 Å². The third-order valence-corrected chi connectivity index (χ3v) is 12.9. The summed E-state index contributed by atoms with van der Waals surface area (Å²) in [5.74, 6) is 0.0789. The lowest BCUT2D eigenvalue weighted by atomic mass is 9.46. The molecule has 2 saturated carbocycles. The summed E-state index contributed by atoms with van der Waals surface area (Å²) in [4.78, 5) is 0. The lowest BCUT2D eigenvalue weighted by Crippen LogP contribution is -2.61. The SMILES string of the molecule is C=C1CC[C@H]2[C@@](C)(CO[C@@H]3O[C@H](CO[C@@H]4O[C@H](CO)[C@H](O)[C@H]4O)[C@@H](O)[C@H](O)[C@H]3O)[C@H](O)CC[C@@]2(C)[C@@H]1CCC(C)=CCO[C@@H]1O[C@H](CO)[C@@H](O)[C@H](O)[C@H]1O. The quantitative estimate of drug-likeness (QED) is 0.0818. The second-order valence-corrected chi connectivity index (χ2v) is 16.4. The van der Waals surface area contributed by atoms with Crippen LogP contribution < -0.4 is 0 Å². The Balaban J connectivity index is 1.19. The molecule has 0 aromatic rings. The molecule has 0 amide bonds. The molecule has 54 heavy (non-hydrogen) atoms. The fraction of sp³-hybridized carbons (Fsp3) is 0.892. The van der Waals surface area contributed by atoms with Crippen molar-refractivity contribution in [3.05, 3.63) is 23.8 Å². The molecule has 0 unspecified atom stereocenters. The molecule has 11 N–H and O–H groups in total. The average Bonchev–Trinajstić information content (AvgIpc) is 3.42. The van der Waals surface area contributed by atoms with Crippen LogP contribution in [0.15, 0.2) is 23.8 Å². The van der Waals surface area contributed by atoms with Crippen LogP contribution in [0.1, 0.15) is 59.3 Å². The Kier molecular flexibility index (Phi) is 14.8. The fourth-order valence-corrected chi connectivity index (χ4v) is 9.33. The Morgan fingerprint density at radius 1 is 0.722 bits per heavy atom. The summed E-state index contributed by atoms with van der Waals surface area (Å²) < 4.78 is 33.9. The molecule has 5 fully saturated rings. The van der Waals surface area contributed by atoms with Gasteiger partial charge in [-0.05, 0) is 62.7 Å². The van der Waals surface area contributed by atoms with E-state index in [0.717, 1.165) is 36.8 Å². The number of rotatable bonds is 14. The van der Waals surface area contributed by atoms with Crippen LogP contribution in [0.5, 0.6) is 0 Å². The maximum absolute atomic E-state index is 11.5. The highest BCUT2D eigenvalue weighted by Crippen LogP contribution is 2.62. The van der Waals surface area contributed by atoms with Gasteiger partial charge in [0.2, 0.25) is 0 Å². The third kappa shape index (κ3) is 8.78. The zero-order valence-electron chi connectivity index (χ0n) is 31.2. The van der Waals surface area contributed by atoms with Crippen LogP contribution in [0.2, 0.25) is 0 Å². The lowest BCUT2D eigenvalue weighted by Gasteiger charge is -2.60. The number of aliphatic hydroxyl groups is 11. The maximum Gasteiger partial charge on any atom is 0.187 e. The Labute approximate surface area is 315 Å². The summed E-state index contributed by atoms with van der Waals surface area (Å²) in [7, 11) is 0.